The fourth-order valence-corrected chi connectivity index (χ4v) is 12.5. The highest BCUT2D eigenvalue weighted by molar-refractivity contribution is 5.91. The predicted octanol–water partition coefficient (Wildman–Crippen LogP) is 22.0. The average molecular weight is 1080 g/mol. The molecular formula is C80H58N4. The molecule has 2 heterocycles. The van der Waals surface area contributed by atoms with Gasteiger partial charge in [0.2, 0.25) is 0 Å². The molecule has 2 aliphatic heterocycles. The van der Waals surface area contributed by atoms with Crippen molar-refractivity contribution in [2.75, 3.05) is 19.6 Å². The molecule has 0 aromatic heterocycles. The molecule has 0 saturated heterocycles. The number of rotatable bonds is 12. The molecular weight excluding hydrogens is 1020 g/mol. The number of hydrogen-bond donors (Lipinski definition) is 0. The van der Waals surface area contributed by atoms with Crippen molar-refractivity contribution >= 4 is 68.2 Å². The molecule has 0 N–H and O–H groups in total. The van der Waals surface area contributed by atoms with Crippen LogP contribution in [0.25, 0.3) is 44.5 Å². The van der Waals surface area contributed by atoms with E-state index >= 15 is 0 Å². The van der Waals surface area contributed by atoms with Gasteiger partial charge >= 0.3 is 0 Å². The fraction of sp³-hybridized carbons (Fsp3) is 0.0250. The van der Waals surface area contributed by atoms with E-state index < -0.39 is 0 Å². The standard InChI is InChI=1S/C80H58N4/c1-6-18-57(19-7-1)60-34-43-73(44-35-60)83-77-29-17-16-24-65(77)53-67-55-75(47-50-79(67)83)81(69-25-12-4-13-26-69)71-39-30-62(31-40-71)63-32-41-72(42-33-63)82(70-27-14-5-15-28-70)76-48-51-80-68(56-76)54-66-52-64(59-22-10-3-11-23-59)38-49-78(66)84(80)74-45-36-61(37-46-74)58-20-8-2-9-21-58/h1-52,55-56H,53-54H2. The highest BCUT2D eigenvalue weighted by Gasteiger charge is 2.28. The molecule has 0 saturated carbocycles. The first-order chi connectivity index (χ1) is 41.6. The Morgan fingerprint density at radius 1 is 0.190 bits per heavy atom. The monoisotopic (exact) mass is 1070 g/mol. The number of nitrogens with zero attached hydrogens (tertiary/aromatic N) is 4. The molecule has 0 aliphatic carbocycles. The second kappa shape index (κ2) is 21.8. The number of fused-ring (bicyclic) bond motifs is 4. The molecule has 0 spiro atoms. The Hall–Kier alpha value is -10.9. The lowest BCUT2D eigenvalue weighted by atomic mass is 9.91. The van der Waals surface area contributed by atoms with Gasteiger partial charge in [0.05, 0.1) is 0 Å². The molecule has 13 aromatic carbocycles. The SMILES string of the molecule is c1ccc(-c2ccc(N3c4ccccc4Cc4cc(N(c5ccccc5)c5ccc(-c6ccc(N(c7ccccc7)c7ccc8c(c7)Cc7cc(-c9ccccc9)ccc7N8c7ccc(-c8ccccc8)cc7)cc6)cc5)ccc43)cc2)cc1. The summed E-state index contributed by atoms with van der Waals surface area (Å²) < 4.78 is 0. The van der Waals surface area contributed by atoms with Gasteiger partial charge in [-0.05, 0) is 194 Å². The maximum Gasteiger partial charge on any atom is 0.0498 e. The number of benzene rings is 13. The zero-order valence-corrected chi connectivity index (χ0v) is 46.4. The van der Waals surface area contributed by atoms with Crippen LogP contribution in [0.2, 0.25) is 0 Å². The summed E-state index contributed by atoms with van der Waals surface area (Å²) in [5.74, 6) is 0. The molecule has 15 rings (SSSR count). The van der Waals surface area contributed by atoms with Crippen molar-refractivity contribution in [2.24, 2.45) is 0 Å². The number of anilines is 12. The van der Waals surface area contributed by atoms with Crippen LogP contribution in [0.5, 0.6) is 0 Å². The highest BCUT2D eigenvalue weighted by atomic mass is 15.2. The first kappa shape index (κ1) is 50.1. The van der Waals surface area contributed by atoms with Gasteiger partial charge < -0.3 is 19.6 Å². The average Bonchev–Trinajstić information content (AvgIpc) is 2.19. The normalized spacial score (nSPS) is 12.1. The van der Waals surface area contributed by atoms with E-state index in [2.05, 4.69) is 347 Å². The van der Waals surface area contributed by atoms with E-state index in [0.717, 1.165) is 69.5 Å². The van der Waals surface area contributed by atoms with Gasteiger partial charge in [-0.25, -0.2) is 0 Å². The molecule has 398 valence electrons. The van der Waals surface area contributed by atoms with Crippen LogP contribution in [-0.4, -0.2) is 0 Å². The third kappa shape index (κ3) is 9.55. The summed E-state index contributed by atoms with van der Waals surface area (Å²) in [5, 5.41) is 0. The molecule has 0 fully saturated rings. The first-order valence-electron chi connectivity index (χ1n) is 29.0. The number of hydrogen-bond acceptors (Lipinski definition) is 4. The molecule has 4 nitrogen and oxygen atoms in total. The molecule has 13 aromatic rings. The molecule has 0 radical (unpaired) electrons. The Morgan fingerprint density at radius 2 is 0.464 bits per heavy atom. The number of para-hydroxylation sites is 3. The summed E-state index contributed by atoms with van der Waals surface area (Å²) in [4.78, 5) is 9.63. The van der Waals surface area contributed by atoms with Gasteiger partial charge in [0, 0.05) is 81.1 Å². The minimum absolute atomic E-state index is 0.807. The molecule has 4 heteroatoms. The maximum absolute atomic E-state index is 2.44. The van der Waals surface area contributed by atoms with Crippen molar-refractivity contribution in [1.82, 2.24) is 0 Å². The van der Waals surface area contributed by atoms with Crippen LogP contribution in [0.3, 0.4) is 0 Å². The summed E-state index contributed by atoms with van der Waals surface area (Å²) in [6.07, 6.45) is 1.65. The Morgan fingerprint density at radius 3 is 0.893 bits per heavy atom. The van der Waals surface area contributed by atoms with Gasteiger partial charge in [-0.1, -0.05) is 200 Å². The van der Waals surface area contributed by atoms with E-state index in [-0.39, 0.29) is 0 Å². The van der Waals surface area contributed by atoms with Gasteiger partial charge in [-0.15, -0.1) is 0 Å². The Labute approximate surface area is 492 Å². The predicted molar refractivity (Wildman–Crippen MR) is 353 cm³/mol. The van der Waals surface area contributed by atoms with Crippen molar-refractivity contribution < 1.29 is 0 Å². The van der Waals surface area contributed by atoms with Gasteiger partial charge in [0.15, 0.2) is 0 Å². The molecule has 0 unspecified atom stereocenters. The van der Waals surface area contributed by atoms with E-state index in [1.807, 2.05) is 0 Å². The van der Waals surface area contributed by atoms with Gasteiger partial charge in [0.25, 0.3) is 0 Å². The summed E-state index contributed by atoms with van der Waals surface area (Å²) in [7, 11) is 0. The molecule has 2 aliphatic rings. The summed E-state index contributed by atoms with van der Waals surface area (Å²) in [5.41, 5.74) is 28.4. The zero-order chi connectivity index (χ0) is 55.8. The second-order valence-corrected chi connectivity index (χ2v) is 21.8. The van der Waals surface area contributed by atoms with Crippen LogP contribution in [0.1, 0.15) is 22.3 Å². The van der Waals surface area contributed by atoms with Crippen molar-refractivity contribution in [1.29, 1.82) is 0 Å². The Bertz CT molecular complexity index is 4440. The van der Waals surface area contributed by atoms with Crippen molar-refractivity contribution in [3.8, 4) is 44.5 Å². The van der Waals surface area contributed by atoms with Crippen LogP contribution >= 0.6 is 0 Å². The maximum atomic E-state index is 2.44. The third-order valence-corrected chi connectivity index (χ3v) is 16.6. The van der Waals surface area contributed by atoms with Crippen molar-refractivity contribution in [2.45, 2.75) is 12.8 Å². The van der Waals surface area contributed by atoms with Gasteiger partial charge in [0.1, 0.15) is 0 Å². The van der Waals surface area contributed by atoms with Crippen LogP contribution in [0.4, 0.5) is 68.2 Å². The first-order valence-corrected chi connectivity index (χ1v) is 29.0. The second-order valence-electron chi connectivity index (χ2n) is 21.8. The van der Waals surface area contributed by atoms with E-state index in [1.165, 1.54) is 78.4 Å². The molecule has 84 heavy (non-hydrogen) atoms. The summed E-state index contributed by atoms with van der Waals surface area (Å²) >= 11 is 0. The Balaban J connectivity index is 0.742. The lowest BCUT2D eigenvalue weighted by molar-refractivity contribution is 1.08. The van der Waals surface area contributed by atoms with Crippen molar-refractivity contribution in [3.63, 3.8) is 0 Å². The van der Waals surface area contributed by atoms with Crippen LogP contribution in [0, 0.1) is 0 Å². The van der Waals surface area contributed by atoms with Crippen LogP contribution < -0.4 is 19.6 Å². The van der Waals surface area contributed by atoms with Gasteiger partial charge in [-0.2, -0.15) is 0 Å². The fourth-order valence-electron chi connectivity index (χ4n) is 12.5. The lowest BCUT2D eigenvalue weighted by Crippen LogP contribution is -2.19. The minimum Gasteiger partial charge on any atom is -0.310 e. The topological polar surface area (TPSA) is 13.0 Å². The van der Waals surface area contributed by atoms with E-state index in [9.17, 15) is 0 Å². The smallest absolute Gasteiger partial charge is 0.0498 e. The van der Waals surface area contributed by atoms with Gasteiger partial charge in [-0.3, -0.25) is 0 Å². The van der Waals surface area contributed by atoms with E-state index in [1.54, 1.807) is 0 Å². The zero-order valence-electron chi connectivity index (χ0n) is 46.4. The lowest BCUT2D eigenvalue weighted by Gasteiger charge is -2.35. The molecule has 0 amide bonds. The third-order valence-electron chi connectivity index (χ3n) is 16.6. The summed E-state index contributed by atoms with van der Waals surface area (Å²) in [6, 6.07) is 119. The highest BCUT2D eigenvalue weighted by Crippen LogP contribution is 2.50. The minimum atomic E-state index is 0.807. The molecule has 0 atom stereocenters. The quantitative estimate of drug-likeness (QED) is 0.121. The van der Waals surface area contributed by atoms with Crippen LogP contribution in [-0.2, 0) is 12.8 Å². The molecule has 0 bridgehead atoms. The summed E-state index contributed by atoms with van der Waals surface area (Å²) in [6.45, 7) is 0. The largest absolute Gasteiger partial charge is 0.310 e. The van der Waals surface area contributed by atoms with Crippen molar-refractivity contribution in [3.05, 3.63) is 350 Å². The van der Waals surface area contributed by atoms with E-state index in [0.29, 0.717) is 0 Å². The van der Waals surface area contributed by atoms with Crippen LogP contribution in [0.15, 0.2) is 328 Å². The Kier molecular flexibility index (Phi) is 13.0. The van der Waals surface area contributed by atoms with E-state index in [4.69, 9.17) is 0 Å².